The Hall–Kier alpha value is 0.860. The molecule has 0 amide bonds. The van der Waals surface area contributed by atoms with Crippen LogP contribution in [0, 0.1) is 0 Å². The Bertz CT molecular complexity index is 8.00. The van der Waals surface area contributed by atoms with Crippen molar-refractivity contribution in [2.45, 2.75) is 0 Å². The van der Waals surface area contributed by atoms with Crippen molar-refractivity contribution in [2.24, 2.45) is 0 Å². The van der Waals surface area contributed by atoms with Crippen molar-refractivity contribution in [1.82, 2.24) is 0 Å². The van der Waals surface area contributed by atoms with Gasteiger partial charge in [-0.15, -0.1) is 0 Å². The maximum atomic E-state index is 8.28. The number of hydrogen-bond acceptors (Lipinski definition) is 2. The summed E-state index contributed by atoms with van der Waals surface area (Å²) in [6, 6.07) is 0. The zero-order chi connectivity index (χ0) is 4.00. The Kier molecular flexibility index (Phi) is 94.5. The molecule has 4 heavy (non-hydrogen) atoms. The number of rotatable bonds is 0. The molecule has 0 aliphatic carbocycles. The average Bonchev–Trinajstić information content (AvgIpc) is 1.50. The minimum atomic E-state index is 0.611. The van der Waals surface area contributed by atoms with Crippen LogP contribution in [0.3, 0.4) is 0 Å². The van der Waals surface area contributed by atoms with Gasteiger partial charge in [-0.3, -0.25) is 0 Å². The first-order valence-electron chi connectivity index (χ1n) is 0.280. The van der Waals surface area contributed by atoms with Gasteiger partial charge in [0.25, 0.3) is 0 Å². The zero-order valence-corrected chi connectivity index (χ0v) is 5.68. The van der Waals surface area contributed by atoms with Gasteiger partial charge in [0.15, 0.2) is 0 Å². The molecule has 0 radical (unpaired) electrons. The van der Waals surface area contributed by atoms with Crippen LogP contribution in [0.2, 0.25) is 0 Å². The van der Waals surface area contributed by atoms with Crippen molar-refractivity contribution in [3.63, 3.8) is 0 Å². The maximum absolute atomic E-state index is 8.28. The van der Waals surface area contributed by atoms with Crippen LogP contribution in [0.25, 0.3) is 0 Å². The van der Waals surface area contributed by atoms with Gasteiger partial charge in [0.05, 0.1) is 0 Å². The summed E-state index contributed by atoms with van der Waals surface area (Å²) in [6.45, 7) is 0. The summed E-state index contributed by atoms with van der Waals surface area (Å²) >= 11 is 1.91. The molecule has 2 nitrogen and oxygen atoms in total. The van der Waals surface area contributed by atoms with E-state index >= 15 is 0 Å². The molecule has 4 heteroatoms. The van der Waals surface area contributed by atoms with Gasteiger partial charge in [0, 0.05) is 0 Å². The molecule has 0 bridgehead atoms. The van der Waals surface area contributed by atoms with Crippen molar-refractivity contribution in [3.05, 3.63) is 0 Å². The predicted octanol–water partition coefficient (Wildman–Crippen LogP) is -0.243. The third-order valence-electron chi connectivity index (χ3n) is 0. The Morgan fingerprint density at radius 1 is 1.25 bits per heavy atom. The van der Waals surface area contributed by atoms with E-state index in [4.69, 9.17) is 7.11 Å². The second-order valence-corrected chi connectivity index (χ2v) is 0. The van der Waals surface area contributed by atoms with Crippen LogP contribution in [0.15, 0.2) is 0 Å². The van der Waals surface area contributed by atoms with Crippen molar-refractivity contribution in [1.29, 1.82) is 0 Å². The first-order valence-corrected chi connectivity index (χ1v) is 1.99. The molecule has 0 saturated heterocycles. The normalized spacial score (nSPS) is 2.50. The van der Waals surface area contributed by atoms with E-state index in [0.29, 0.717) is 18.6 Å². The molecular formula is O2OsRh. The van der Waals surface area contributed by atoms with Crippen LogP contribution >= 0.6 is 0 Å². The molecule has 0 unspecified atom stereocenters. The molecule has 0 aliphatic heterocycles. The molecule has 0 rings (SSSR count). The van der Waals surface area contributed by atoms with Crippen molar-refractivity contribution in [3.8, 4) is 0 Å². The average molecular weight is 325 g/mol. The summed E-state index contributed by atoms with van der Waals surface area (Å²) in [5, 5.41) is 0. The predicted molar refractivity (Wildman–Crippen MR) is 1.37 cm³/mol. The summed E-state index contributed by atoms with van der Waals surface area (Å²) in [6.07, 6.45) is 0. The summed E-state index contributed by atoms with van der Waals surface area (Å²) in [5.41, 5.74) is 0. The molecule has 0 aliphatic rings. The van der Waals surface area contributed by atoms with E-state index in [0.717, 1.165) is 0 Å². The molecule has 29 valence electrons. The summed E-state index contributed by atoms with van der Waals surface area (Å²) in [7, 11) is 0. The Labute approximate surface area is 44.1 Å². The molecule has 0 spiro atoms. The van der Waals surface area contributed by atoms with E-state index in [9.17, 15) is 0 Å². The van der Waals surface area contributed by atoms with Gasteiger partial charge in [-0.1, -0.05) is 0 Å². The van der Waals surface area contributed by atoms with Crippen molar-refractivity contribution in [2.75, 3.05) is 0 Å². The van der Waals surface area contributed by atoms with E-state index in [2.05, 4.69) is 0 Å². The fourth-order valence-electron chi connectivity index (χ4n) is 0. The quantitative estimate of drug-likeness (QED) is 0.576. The second kappa shape index (κ2) is 42.7. The Morgan fingerprint density at radius 3 is 1.25 bits per heavy atom. The van der Waals surface area contributed by atoms with Crippen LogP contribution in [0.1, 0.15) is 0 Å². The molecule has 0 aromatic heterocycles. The monoisotopic (exact) mass is 327 g/mol. The third-order valence-corrected chi connectivity index (χ3v) is 0. The topological polar surface area (TPSA) is 34.1 Å². The third kappa shape index (κ3) is 13.4. The number of hydrogen-bond donors (Lipinski definition) is 0. The van der Waals surface area contributed by atoms with Gasteiger partial charge in [-0.05, 0) is 0 Å². The van der Waals surface area contributed by atoms with Gasteiger partial charge in [-0.25, -0.2) is 0 Å². The van der Waals surface area contributed by atoms with Crippen LogP contribution in [-0.4, -0.2) is 0 Å². The first kappa shape index (κ1) is 8.85. The molecule has 0 aromatic carbocycles. The SMILES string of the molecule is [O]=[Os].[O]=[Rh]. The van der Waals surface area contributed by atoms with Gasteiger partial charge in [-0.2, -0.15) is 0 Å². The fraction of sp³-hybridized carbons (Fsp3) is 0. The summed E-state index contributed by atoms with van der Waals surface area (Å²) < 4.78 is 16.4. The van der Waals surface area contributed by atoms with Gasteiger partial charge >= 0.3 is 43.9 Å². The van der Waals surface area contributed by atoms with Crippen molar-refractivity contribution >= 4 is 0 Å². The zero-order valence-electron chi connectivity index (χ0n) is 1.50. The molecule has 0 aromatic rings. The summed E-state index contributed by atoms with van der Waals surface area (Å²) in [4.78, 5) is 0. The Balaban J connectivity index is 0. The molecule has 0 N–H and O–H groups in total. The molecule has 0 heterocycles. The molecule has 0 atom stereocenters. The van der Waals surface area contributed by atoms with Crippen LogP contribution < -0.4 is 0 Å². The van der Waals surface area contributed by atoms with Crippen LogP contribution in [0.5, 0.6) is 0 Å². The fourth-order valence-corrected chi connectivity index (χ4v) is 0. The minimum absolute atomic E-state index is 0.611. The Morgan fingerprint density at radius 2 is 1.25 bits per heavy atom. The van der Waals surface area contributed by atoms with Crippen LogP contribution in [0.4, 0.5) is 0 Å². The van der Waals surface area contributed by atoms with E-state index in [1.54, 1.807) is 0 Å². The molecule has 0 fully saturated rings. The van der Waals surface area contributed by atoms with Gasteiger partial charge < -0.3 is 0 Å². The van der Waals surface area contributed by atoms with E-state index < -0.39 is 0 Å². The van der Waals surface area contributed by atoms with E-state index in [1.165, 1.54) is 18.3 Å². The van der Waals surface area contributed by atoms with E-state index in [1.807, 2.05) is 0 Å². The first-order chi connectivity index (χ1) is 2.00. The summed E-state index contributed by atoms with van der Waals surface area (Å²) in [5.74, 6) is 0. The van der Waals surface area contributed by atoms with Gasteiger partial charge in [0.1, 0.15) is 0 Å². The van der Waals surface area contributed by atoms with Crippen LogP contribution in [-0.2, 0) is 43.9 Å². The standard InChI is InChI=1S/2O.Os.Rh. The molecule has 0 saturated carbocycles. The second-order valence-electron chi connectivity index (χ2n) is 0. The molecular weight excluding hydrogens is 325 g/mol. The van der Waals surface area contributed by atoms with E-state index in [-0.39, 0.29) is 0 Å². The van der Waals surface area contributed by atoms with Crippen molar-refractivity contribution < 1.29 is 43.9 Å². The van der Waals surface area contributed by atoms with Gasteiger partial charge in [0.2, 0.25) is 0 Å².